The Hall–Kier alpha value is -1.58. The van der Waals surface area contributed by atoms with E-state index in [4.69, 9.17) is 8.92 Å². The molecule has 1 aliphatic rings. The van der Waals surface area contributed by atoms with Crippen LogP contribution in [0.3, 0.4) is 0 Å². The Morgan fingerprint density at radius 2 is 1.89 bits per heavy atom. The summed E-state index contributed by atoms with van der Waals surface area (Å²) in [5, 5.41) is 4.36. The van der Waals surface area contributed by atoms with Crippen molar-refractivity contribution in [3.8, 4) is 5.88 Å². The van der Waals surface area contributed by atoms with Crippen LogP contribution in [-0.4, -0.2) is 37.9 Å². The molecule has 27 heavy (non-hydrogen) atoms. The highest BCUT2D eigenvalue weighted by molar-refractivity contribution is 7.95. The molecule has 0 aliphatic carbocycles. The number of rotatable bonds is 4. The van der Waals surface area contributed by atoms with E-state index in [0.29, 0.717) is 30.5 Å². The second-order valence-electron chi connectivity index (χ2n) is 7.48. The minimum absolute atomic E-state index is 0.0769. The summed E-state index contributed by atoms with van der Waals surface area (Å²) in [7, 11) is 1.54. The maximum Gasteiger partial charge on any atom is 0.479 e. The van der Waals surface area contributed by atoms with Crippen LogP contribution in [0.5, 0.6) is 5.88 Å². The van der Waals surface area contributed by atoms with Crippen molar-refractivity contribution in [1.82, 2.24) is 14.7 Å². The van der Waals surface area contributed by atoms with E-state index < -0.39 is 29.2 Å². The van der Waals surface area contributed by atoms with Gasteiger partial charge in [-0.3, -0.25) is 4.90 Å². The Morgan fingerprint density at radius 3 is 2.37 bits per heavy atom. The first-order valence-corrected chi connectivity index (χ1v) is 9.61. The van der Waals surface area contributed by atoms with Gasteiger partial charge in [-0.1, -0.05) is 13.8 Å². The van der Waals surface area contributed by atoms with Crippen LogP contribution in [-0.2, 0) is 18.2 Å². The van der Waals surface area contributed by atoms with Crippen LogP contribution in [0.1, 0.15) is 64.8 Å². The van der Waals surface area contributed by atoms with E-state index in [-0.39, 0.29) is 18.0 Å². The lowest BCUT2D eigenvalue weighted by atomic mass is 9.91. The van der Waals surface area contributed by atoms with Gasteiger partial charge in [-0.15, -0.1) is 0 Å². The van der Waals surface area contributed by atoms with Crippen LogP contribution in [0.15, 0.2) is 0 Å². The normalized spacial score (nSPS) is 20.4. The van der Waals surface area contributed by atoms with Crippen LogP contribution in [0.4, 0.5) is 18.0 Å². The fourth-order valence-electron chi connectivity index (χ4n) is 3.27. The molecule has 2 heterocycles. The number of ether oxygens (including phenoxy) is 1. The molecule has 0 saturated carbocycles. The van der Waals surface area contributed by atoms with Crippen LogP contribution in [0.2, 0.25) is 0 Å². The molecule has 1 aromatic heterocycles. The number of aromatic nitrogens is 2. The zero-order valence-corrected chi connectivity index (χ0v) is 17.2. The number of carbonyl (C=O) groups excluding carboxylic acids is 1. The summed E-state index contributed by atoms with van der Waals surface area (Å²) in [5.74, 6) is 0.0769. The van der Waals surface area contributed by atoms with E-state index in [9.17, 15) is 18.0 Å². The van der Waals surface area contributed by atoms with Gasteiger partial charge in [-0.2, -0.15) is 18.3 Å². The number of nitrogens with zero attached hydrogens (tertiary/aromatic N) is 3. The summed E-state index contributed by atoms with van der Waals surface area (Å²) in [6.07, 6.45) is 1.12. The lowest BCUT2D eigenvalue weighted by Crippen LogP contribution is -2.48. The minimum Gasteiger partial charge on any atom is -0.444 e. The van der Waals surface area contributed by atoms with Crippen molar-refractivity contribution in [3.05, 3.63) is 11.3 Å². The highest BCUT2D eigenvalue weighted by Gasteiger charge is 2.42. The Morgan fingerprint density at radius 1 is 1.26 bits per heavy atom. The third-order valence-electron chi connectivity index (χ3n) is 4.28. The average Bonchev–Trinajstić information content (AvgIpc) is 2.83. The molecule has 0 bridgehead atoms. The predicted octanol–water partition coefficient (Wildman–Crippen LogP) is 4.99. The summed E-state index contributed by atoms with van der Waals surface area (Å²) in [4.78, 5) is 14.5. The van der Waals surface area contributed by atoms with Crippen molar-refractivity contribution in [2.45, 2.75) is 77.1 Å². The molecule has 0 radical (unpaired) electrons. The Labute approximate surface area is 161 Å². The smallest absolute Gasteiger partial charge is 0.444 e. The molecule has 1 amide bonds. The number of hydrogen-bond donors (Lipinski definition) is 0. The zero-order chi connectivity index (χ0) is 20.6. The van der Waals surface area contributed by atoms with Gasteiger partial charge in [-0.25, -0.2) is 9.48 Å². The number of fused-ring (bicyclic) bond motifs is 1. The molecule has 0 aromatic carbocycles. The molecular weight excluding hydrogens is 383 g/mol. The molecule has 6 nitrogen and oxygen atoms in total. The highest BCUT2D eigenvalue weighted by atomic mass is 32.2. The van der Waals surface area contributed by atoms with Crippen molar-refractivity contribution in [2.75, 3.05) is 0 Å². The number of amides is 1. The molecular formula is C17H26F3N3O3S. The van der Waals surface area contributed by atoms with Crippen molar-refractivity contribution in [2.24, 2.45) is 7.05 Å². The molecule has 0 spiro atoms. The van der Waals surface area contributed by atoms with Crippen molar-refractivity contribution in [1.29, 1.82) is 0 Å². The van der Waals surface area contributed by atoms with Gasteiger partial charge in [0.15, 0.2) is 12.0 Å². The van der Waals surface area contributed by atoms with Gasteiger partial charge >= 0.3 is 11.6 Å². The fraction of sp³-hybridized carbons (Fsp3) is 0.765. The van der Waals surface area contributed by atoms with Gasteiger partial charge in [-0.05, 0) is 33.6 Å². The quantitative estimate of drug-likeness (QED) is 0.656. The van der Waals surface area contributed by atoms with Crippen molar-refractivity contribution < 1.29 is 26.9 Å². The maximum atomic E-state index is 12.8. The van der Waals surface area contributed by atoms with Crippen molar-refractivity contribution in [3.63, 3.8) is 0 Å². The van der Waals surface area contributed by atoms with E-state index >= 15 is 0 Å². The largest absolute Gasteiger partial charge is 0.479 e. The molecule has 154 valence electrons. The number of aryl methyl sites for hydroxylation is 1. The minimum atomic E-state index is -4.51. The molecule has 10 heteroatoms. The zero-order valence-electron chi connectivity index (χ0n) is 16.4. The van der Waals surface area contributed by atoms with Gasteiger partial charge in [0.05, 0.1) is 11.7 Å². The summed E-state index contributed by atoms with van der Waals surface area (Å²) >= 11 is -0.555. The number of carbonyl (C=O) groups is 1. The van der Waals surface area contributed by atoms with Crippen LogP contribution in [0.25, 0.3) is 0 Å². The van der Waals surface area contributed by atoms with E-state index in [1.807, 2.05) is 13.8 Å². The van der Waals surface area contributed by atoms with Crippen LogP contribution >= 0.6 is 12.0 Å². The molecule has 1 aromatic rings. The highest BCUT2D eigenvalue weighted by Crippen LogP contribution is 2.42. The van der Waals surface area contributed by atoms with Gasteiger partial charge < -0.3 is 8.92 Å². The van der Waals surface area contributed by atoms with Gasteiger partial charge in [0.25, 0.3) is 0 Å². The van der Waals surface area contributed by atoms with Gasteiger partial charge in [0, 0.05) is 25.1 Å². The molecule has 2 rings (SSSR count). The maximum absolute atomic E-state index is 12.8. The lowest BCUT2D eigenvalue weighted by Gasteiger charge is -2.41. The number of alkyl halides is 3. The third kappa shape index (κ3) is 5.03. The molecule has 0 saturated heterocycles. The number of halogens is 3. The second-order valence-corrected chi connectivity index (χ2v) is 8.28. The van der Waals surface area contributed by atoms with Gasteiger partial charge in [0.2, 0.25) is 5.88 Å². The van der Waals surface area contributed by atoms with E-state index in [0.717, 1.165) is 0 Å². The standard InChI is InChI=1S/C17H26F3N3O3S/c1-7-10-9-11-13(21-22(6)14(11)26-27-17(18,19)20)12(8-2)23(10)15(24)25-16(3,4)5/h10,12H,7-9H2,1-6H3. The van der Waals surface area contributed by atoms with E-state index in [1.54, 1.807) is 25.7 Å². The van der Waals surface area contributed by atoms with Crippen molar-refractivity contribution >= 4 is 18.1 Å². The summed E-state index contributed by atoms with van der Waals surface area (Å²) in [5.41, 5.74) is -3.97. The second kappa shape index (κ2) is 7.81. The molecule has 1 aliphatic heterocycles. The number of hydrogen-bond acceptors (Lipinski definition) is 5. The molecule has 2 unspecified atom stereocenters. The summed E-state index contributed by atoms with van der Waals surface area (Å²) < 4.78 is 49.5. The molecule has 0 fully saturated rings. The average molecular weight is 409 g/mol. The van der Waals surface area contributed by atoms with Crippen LogP contribution < -0.4 is 4.18 Å². The first kappa shape index (κ1) is 21.7. The Balaban J connectivity index is 2.40. The molecule has 2 atom stereocenters. The lowest BCUT2D eigenvalue weighted by molar-refractivity contribution is -0.0371. The predicted molar refractivity (Wildman–Crippen MR) is 96.4 cm³/mol. The molecule has 0 N–H and O–H groups in total. The van der Waals surface area contributed by atoms with Crippen LogP contribution in [0, 0.1) is 0 Å². The third-order valence-corrected chi connectivity index (χ3v) is 4.71. The SMILES string of the molecule is CCC1Cc2c(nn(C)c2OSC(F)(F)F)C(CC)N1C(=O)OC(C)(C)C. The monoisotopic (exact) mass is 409 g/mol. The Bertz CT molecular complexity index is 685. The first-order valence-electron chi connectivity index (χ1n) is 8.87. The fourth-order valence-corrected chi connectivity index (χ4v) is 3.65. The van der Waals surface area contributed by atoms with Gasteiger partial charge in [0.1, 0.15) is 5.60 Å². The van der Waals surface area contributed by atoms with E-state index in [1.165, 1.54) is 11.7 Å². The summed E-state index contributed by atoms with van der Waals surface area (Å²) in [6.45, 7) is 9.22. The Kier molecular flexibility index (Phi) is 6.28. The topological polar surface area (TPSA) is 56.6 Å². The van der Waals surface area contributed by atoms with E-state index in [2.05, 4.69) is 5.10 Å². The summed E-state index contributed by atoms with van der Waals surface area (Å²) in [6, 6.07) is -0.590. The first-order chi connectivity index (χ1) is 12.4.